The van der Waals surface area contributed by atoms with Gasteiger partial charge in [-0.2, -0.15) is 0 Å². The Bertz CT molecular complexity index is 1520. The zero-order chi connectivity index (χ0) is 27.9. The first-order chi connectivity index (χ1) is 18.6. The third kappa shape index (κ3) is 4.97. The van der Waals surface area contributed by atoms with Gasteiger partial charge in [-0.25, -0.2) is 14.4 Å². The highest BCUT2D eigenvalue weighted by atomic mass is 19.1. The van der Waals surface area contributed by atoms with Crippen molar-refractivity contribution in [2.24, 2.45) is 0 Å². The second kappa shape index (κ2) is 10.3. The molecule has 0 amide bonds. The molecule has 2 aromatic carbocycles. The summed E-state index contributed by atoms with van der Waals surface area (Å²) in [4.78, 5) is 13.1. The van der Waals surface area contributed by atoms with Gasteiger partial charge in [0.15, 0.2) is 5.82 Å². The molecule has 0 atom stereocenters. The highest BCUT2D eigenvalue weighted by Crippen LogP contribution is 2.42. The standard InChI is InChI=1S/C29H36FN7O2/c1-29(2)17-39-16-24-26(18-9-7-8-10-22(18)37(24)29)27-19(30)15-32-28(34-27)33-21-13-20(31)23(14-25(21)38-6)36(5)12-11-35(3)4/h7-10,13-15H,11-12,16-17,31H2,1-6H3,(H,32,33,34). The number of nitrogens with two attached hydrogens (primary N) is 1. The Balaban J connectivity index is 1.55. The maximum absolute atomic E-state index is 15.4. The summed E-state index contributed by atoms with van der Waals surface area (Å²) in [6.07, 6.45) is 1.19. The van der Waals surface area contributed by atoms with Crippen molar-refractivity contribution >= 4 is 33.9 Å². The monoisotopic (exact) mass is 533 g/mol. The molecule has 10 heteroatoms. The largest absolute Gasteiger partial charge is 0.494 e. The molecule has 9 nitrogen and oxygen atoms in total. The molecule has 0 radical (unpaired) electrons. The van der Waals surface area contributed by atoms with E-state index in [1.165, 1.54) is 6.20 Å². The van der Waals surface area contributed by atoms with Crippen molar-refractivity contribution in [1.82, 2.24) is 19.4 Å². The van der Waals surface area contributed by atoms with Gasteiger partial charge < -0.3 is 34.9 Å². The number of aromatic nitrogens is 3. The van der Waals surface area contributed by atoms with Crippen molar-refractivity contribution < 1.29 is 13.9 Å². The number of fused-ring (bicyclic) bond motifs is 3. The lowest BCUT2D eigenvalue weighted by Crippen LogP contribution is -2.37. The normalized spacial score (nSPS) is 14.5. The molecule has 2 aromatic heterocycles. The number of benzene rings is 2. The molecule has 3 N–H and O–H groups in total. The topological polar surface area (TPSA) is 93.7 Å². The van der Waals surface area contributed by atoms with Gasteiger partial charge in [0, 0.05) is 42.7 Å². The van der Waals surface area contributed by atoms with E-state index in [1.807, 2.05) is 45.4 Å². The predicted molar refractivity (Wildman–Crippen MR) is 154 cm³/mol. The Morgan fingerprint density at radius 3 is 2.69 bits per heavy atom. The first-order valence-corrected chi connectivity index (χ1v) is 12.9. The van der Waals surface area contributed by atoms with Crippen LogP contribution in [0.1, 0.15) is 19.5 Å². The second-order valence-corrected chi connectivity index (χ2v) is 10.8. The molecule has 0 fully saturated rings. The van der Waals surface area contributed by atoms with Gasteiger partial charge in [0.2, 0.25) is 5.95 Å². The number of anilines is 4. The number of halogens is 1. The van der Waals surface area contributed by atoms with Crippen LogP contribution in [0.4, 0.5) is 27.4 Å². The first kappa shape index (κ1) is 26.7. The third-order valence-electron chi connectivity index (χ3n) is 7.14. The van der Waals surface area contributed by atoms with Gasteiger partial charge in [-0.15, -0.1) is 0 Å². The van der Waals surface area contributed by atoms with Crippen molar-refractivity contribution in [3.05, 3.63) is 54.1 Å². The van der Waals surface area contributed by atoms with Crippen LogP contribution < -0.4 is 20.7 Å². The number of para-hydroxylation sites is 1. The Labute approximate surface area is 228 Å². The summed E-state index contributed by atoms with van der Waals surface area (Å²) in [7, 11) is 7.65. The maximum Gasteiger partial charge on any atom is 0.228 e. The van der Waals surface area contributed by atoms with E-state index in [9.17, 15) is 0 Å². The summed E-state index contributed by atoms with van der Waals surface area (Å²) in [6.45, 7) is 6.85. The minimum atomic E-state index is -0.507. The van der Waals surface area contributed by atoms with E-state index in [1.54, 1.807) is 13.2 Å². The first-order valence-electron chi connectivity index (χ1n) is 12.9. The summed E-state index contributed by atoms with van der Waals surface area (Å²) in [5.41, 5.74) is 11.0. The molecule has 0 aliphatic carbocycles. The maximum atomic E-state index is 15.4. The van der Waals surface area contributed by atoms with Crippen LogP contribution in [-0.2, 0) is 16.9 Å². The van der Waals surface area contributed by atoms with Crippen LogP contribution in [0.5, 0.6) is 5.75 Å². The zero-order valence-corrected chi connectivity index (χ0v) is 23.4. The van der Waals surface area contributed by atoms with Crippen LogP contribution in [0, 0.1) is 5.82 Å². The van der Waals surface area contributed by atoms with Crippen LogP contribution in [-0.4, -0.2) is 67.4 Å². The summed E-state index contributed by atoms with van der Waals surface area (Å²) < 4.78 is 29.2. The van der Waals surface area contributed by atoms with Gasteiger partial charge in [-0.3, -0.25) is 0 Å². The Morgan fingerprint density at radius 1 is 1.18 bits per heavy atom. The zero-order valence-electron chi connectivity index (χ0n) is 23.4. The minimum Gasteiger partial charge on any atom is -0.494 e. The van der Waals surface area contributed by atoms with E-state index >= 15 is 4.39 Å². The lowest BCUT2D eigenvalue weighted by Gasteiger charge is -2.34. The van der Waals surface area contributed by atoms with Crippen LogP contribution in [0.2, 0.25) is 0 Å². The quantitative estimate of drug-likeness (QED) is 0.311. The summed E-state index contributed by atoms with van der Waals surface area (Å²) in [6, 6.07) is 11.7. The van der Waals surface area contributed by atoms with Crippen molar-refractivity contribution in [2.75, 3.05) is 63.9 Å². The van der Waals surface area contributed by atoms with E-state index in [0.717, 1.165) is 35.4 Å². The fraction of sp³-hybridized carbons (Fsp3) is 0.379. The number of rotatable bonds is 8. The number of nitrogens with one attached hydrogen (secondary N) is 1. The van der Waals surface area contributed by atoms with Gasteiger partial charge in [0.05, 0.1) is 54.8 Å². The molecule has 0 bridgehead atoms. The average molecular weight is 534 g/mol. The van der Waals surface area contributed by atoms with Gasteiger partial charge in [0.25, 0.3) is 0 Å². The second-order valence-electron chi connectivity index (χ2n) is 10.8. The van der Waals surface area contributed by atoms with Crippen molar-refractivity contribution in [2.45, 2.75) is 26.0 Å². The fourth-order valence-electron chi connectivity index (χ4n) is 5.22. The van der Waals surface area contributed by atoms with Crippen LogP contribution in [0.25, 0.3) is 22.2 Å². The Hall–Kier alpha value is -3.89. The fourth-order valence-corrected chi connectivity index (χ4v) is 5.22. The van der Waals surface area contributed by atoms with Gasteiger partial charge in [-0.1, -0.05) is 18.2 Å². The van der Waals surface area contributed by atoms with E-state index < -0.39 is 5.82 Å². The molecule has 0 saturated heterocycles. The molecule has 0 spiro atoms. The third-order valence-corrected chi connectivity index (χ3v) is 7.14. The summed E-state index contributed by atoms with van der Waals surface area (Å²) >= 11 is 0. The number of likely N-dealkylation sites (N-methyl/N-ethyl adjacent to an activating group) is 2. The molecule has 4 aromatic rings. The molecular weight excluding hydrogens is 497 g/mol. The van der Waals surface area contributed by atoms with Crippen molar-refractivity contribution in [3.8, 4) is 17.0 Å². The van der Waals surface area contributed by atoms with Crippen molar-refractivity contribution in [1.29, 1.82) is 0 Å². The minimum absolute atomic E-state index is 0.214. The molecule has 1 aliphatic heterocycles. The SMILES string of the molecule is COc1cc(N(C)CCN(C)C)c(N)cc1Nc1ncc(F)c(-c2c3n(c4ccccc24)C(C)(C)COC3)n1. The van der Waals surface area contributed by atoms with Gasteiger partial charge in [0.1, 0.15) is 11.4 Å². The number of nitrogens with zero attached hydrogens (tertiary/aromatic N) is 5. The van der Waals surface area contributed by atoms with E-state index in [4.69, 9.17) is 15.2 Å². The van der Waals surface area contributed by atoms with Crippen LogP contribution in [0.15, 0.2) is 42.6 Å². The number of hydrogen-bond acceptors (Lipinski definition) is 8. The Morgan fingerprint density at radius 2 is 1.95 bits per heavy atom. The lowest BCUT2D eigenvalue weighted by molar-refractivity contribution is 0.0239. The Kier molecular flexibility index (Phi) is 7.09. The van der Waals surface area contributed by atoms with E-state index in [0.29, 0.717) is 35.9 Å². The number of hydrogen-bond donors (Lipinski definition) is 2. The highest BCUT2D eigenvalue weighted by molar-refractivity contribution is 5.98. The molecule has 206 valence electrons. The molecule has 3 heterocycles. The number of ether oxygens (including phenoxy) is 2. The smallest absolute Gasteiger partial charge is 0.228 e. The predicted octanol–water partition coefficient (Wildman–Crippen LogP) is 4.83. The van der Waals surface area contributed by atoms with E-state index in [2.05, 4.69) is 49.6 Å². The van der Waals surface area contributed by atoms with Crippen molar-refractivity contribution in [3.63, 3.8) is 0 Å². The average Bonchev–Trinajstić information content (AvgIpc) is 3.24. The molecule has 39 heavy (non-hydrogen) atoms. The molecule has 5 rings (SSSR count). The molecular formula is C29H36FN7O2. The molecule has 0 saturated carbocycles. The van der Waals surface area contributed by atoms with Gasteiger partial charge in [-0.05, 0) is 40.1 Å². The molecule has 0 unspecified atom stereocenters. The number of nitrogen functional groups attached to an aromatic ring is 1. The summed E-state index contributed by atoms with van der Waals surface area (Å²) in [5.74, 6) is 0.303. The molecule has 1 aliphatic rings. The van der Waals surface area contributed by atoms with Crippen LogP contribution >= 0.6 is 0 Å². The van der Waals surface area contributed by atoms with E-state index in [-0.39, 0.29) is 17.2 Å². The number of methoxy groups -OCH3 is 1. The lowest BCUT2D eigenvalue weighted by atomic mass is 10.0. The van der Waals surface area contributed by atoms with Crippen LogP contribution in [0.3, 0.4) is 0 Å². The summed E-state index contributed by atoms with van der Waals surface area (Å²) in [5, 5.41) is 4.11. The van der Waals surface area contributed by atoms with Gasteiger partial charge >= 0.3 is 0 Å². The highest BCUT2D eigenvalue weighted by Gasteiger charge is 2.33.